The number of carbonyl (C=O) groups is 1. The van der Waals surface area contributed by atoms with Gasteiger partial charge in [-0.2, -0.15) is 13.2 Å². The molecule has 0 spiro atoms. The number of carbonyl (C=O) groups excluding carboxylic acids is 1. The average Bonchev–Trinajstić information content (AvgIpc) is 2.55. The zero-order chi connectivity index (χ0) is 19.4. The Labute approximate surface area is 153 Å². The third kappa shape index (κ3) is 6.01. The topological polar surface area (TPSA) is 75.3 Å². The fourth-order valence-corrected chi connectivity index (χ4v) is 3.21. The molecule has 0 aliphatic carbocycles. The molecule has 26 heavy (non-hydrogen) atoms. The highest BCUT2D eigenvalue weighted by atomic mass is 35.5. The molecule has 0 aliphatic rings. The molecule has 5 nitrogen and oxygen atoms in total. The van der Waals surface area contributed by atoms with E-state index in [1.165, 1.54) is 16.9 Å². The summed E-state index contributed by atoms with van der Waals surface area (Å²) in [5, 5.41) is 3.00. The third-order valence-electron chi connectivity index (χ3n) is 3.22. The summed E-state index contributed by atoms with van der Waals surface area (Å²) in [7, 11) is -4.29. The second kappa shape index (κ2) is 8.07. The summed E-state index contributed by atoms with van der Waals surface area (Å²) in [6, 6.07) is 11.6. The van der Waals surface area contributed by atoms with Gasteiger partial charge in [-0.3, -0.25) is 4.79 Å². The number of rotatable bonds is 6. The van der Waals surface area contributed by atoms with Crippen LogP contribution in [0.15, 0.2) is 53.4 Å². The smallest absolute Gasteiger partial charge is 0.326 e. The first-order valence-electron chi connectivity index (χ1n) is 7.26. The summed E-state index contributed by atoms with van der Waals surface area (Å²) in [6.45, 7) is -1.66. The molecule has 0 bridgehead atoms. The molecule has 0 unspecified atom stereocenters. The summed E-state index contributed by atoms with van der Waals surface area (Å²) in [4.78, 5) is 11.7. The van der Waals surface area contributed by atoms with Crippen molar-refractivity contribution in [1.29, 1.82) is 0 Å². The Bertz CT molecular complexity index is 884. The quantitative estimate of drug-likeness (QED) is 0.772. The van der Waals surface area contributed by atoms with Crippen molar-refractivity contribution >= 4 is 33.2 Å². The van der Waals surface area contributed by atoms with E-state index < -0.39 is 22.7 Å². The molecule has 2 N–H and O–H groups in total. The van der Waals surface area contributed by atoms with Crippen molar-refractivity contribution in [3.63, 3.8) is 0 Å². The van der Waals surface area contributed by atoms with Crippen LogP contribution in [0.2, 0.25) is 5.02 Å². The summed E-state index contributed by atoms with van der Waals surface area (Å²) in [5.74, 6) is -0.371. The Balaban J connectivity index is 2.01. The minimum absolute atomic E-state index is 0.0207. The second-order valence-electron chi connectivity index (χ2n) is 5.28. The summed E-state index contributed by atoms with van der Waals surface area (Å²) in [5.41, 5.74) is 0.930. The number of hydrogen-bond donors (Lipinski definition) is 2. The van der Waals surface area contributed by atoms with E-state index in [9.17, 15) is 26.4 Å². The van der Waals surface area contributed by atoms with Gasteiger partial charge in [-0.25, -0.2) is 13.1 Å². The van der Waals surface area contributed by atoms with Crippen molar-refractivity contribution in [2.45, 2.75) is 17.5 Å². The highest BCUT2D eigenvalue weighted by Crippen LogP contribution is 2.19. The lowest BCUT2D eigenvalue weighted by Gasteiger charge is -2.10. The molecule has 0 aliphatic heterocycles. The van der Waals surface area contributed by atoms with Crippen molar-refractivity contribution in [3.05, 3.63) is 59.1 Å². The molecule has 0 atom stereocenters. The number of alkyl halides is 3. The minimum Gasteiger partial charge on any atom is -0.326 e. The Hall–Kier alpha value is -2.10. The molecule has 10 heteroatoms. The van der Waals surface area contributed by atoms with Gasteiger partial charge in [0.15, 0.2) is 0 Å². The standard InChI is InChI=1S/C16H14ClF3N2O3S/c17-14-4-2-1-3-11(14)9-15(23)22-12-5-7-13(8-6-12)26(24,25)21-10-16(18,19)20/h1-8,21H,9-10H2,(H,22,23). The fraction of sp³-hybridized carbons (Fsp3) is 0.188. The lowest BCUT2D eigenvalue weighted by molar-refractivity contribution is -0.121. The van der Waals surface area contributed by atoms with Gasteiger partial charge in [0, 0.05) is 10.7 Å². The zero-order valence-corrected chi connectivity index (χ0v) is 14.8. The van der Waals surface area contributed by atoms with Crippen LogP contribution in [0.3, 0.4) is 0 Å². The van der Waals surface area contributed by atoms with E-state index in [1.807, 2.05) is 0 Å². The van der Waals surface area contributed by atoms with Gasteiger partial charge < -0.3 is 5.32 Å². The maximum atomic E-state index is 12.1. The van der Waals surface area contributed by atoms with Gasteiger partial charge in [-0.05, 0) is 35.9 Å². The minimum atomic E-state index is -4.65. The molecular formula is C16H14ClF3N2O3S. The lowest BCUT2D eigenvalue weighted by atomic mass is 10.1. The maximum absolute atomic E-state index is 12.1. The van der Waals surface area contributed by atoms with Crippen molar-refractivity contribution < 1.29 is 26.4 Å². The first-order valence-corrected chi connectivity index (χ1v) is 9.13. The van der Waals surface area contributed by atoms with Crippen molar-refractivity contribution in [2.24, 2.45) is 0 Å². The zero-order valence-electron chi connectivity index (χ0n) is 13.2. The number of amides is 1. The van der Waals surface area contributed by atoms with Crippen LogP contribution in [0, 0.1) is 0 Å². The summed E-state index contributed by atoms with van der Waals surface area (Å²) < 4.78 is 61.4. The van der Waals surface area contributed by atoms with E-state index in [1.54, 1.807) is 24.3 Å². The van der Waals surface area contributed by atoms with E-state index in [-0.39, 0.29) is 17.2 Å². The van der Waals surface area contributed by atoms with Crippen LogP contribution in [0.25, 0.3) is 0 Å². The van der Waals surface area contributed by atoms with Crippen LogP contribution in [0.1, 0.15) is 5.56 Å². The van der Waals surface area contributed by atoms with E-state index in [2.05, 4.69) is 5.32 Å². The monoisotopic (exact) mass is 406 g/mol. The Morgan fingerprint density at radius 2 is 1.65 bits per heavy atom. The SMILES string of the molecule is O=C(Cc1ccccc1Cl)Nc1ccc(S(=O)(=O)NCC(F)(F)F)cc1. The molecular weight excluding hydrogens is 393 g/mol. The highest BCUT2D eigenvalue weighted by molar-refractivity contribution is 7.89. The van der Waals surface area contributed by atoms with Crippen molar-refractivity contribution in [2.75, 3.05) is 11.9 Å². The molecule has 0 saturated carbocycles. The first kappa shape index (κ1) is 20.2. The molecule has 2 aromatic carbocycles. The number of anilines is 1. The molecule has 2 aromatic rings. The number of hydrogen-bond acceptors (Lipinski definition) is 3. The van der Waals surface area contributed by atoms with Crippen LogP contribution in [0.5, 0.6) is 0 Å². The van der Waals surface area contributed by atoms with Crippen LogP contribution < -0.4 is 10.0 Å². The Morgan fingerprint density at radius 3 is 2.23 bits per heavy atom. The lowest BCUT2D eigenvalue weighted by Crippen LogP contribution is -2.33. The third-order valence-corrected chi connectivity index (χ3v) is 5.01. The van der Waals surface area contributed by atoms with E-state index in [0.29, 0.717) is 16.3 Å². The second-order valence-corrected chi connectivity index (χ2v) is 7.45. The predicted octanol–water partition coefficient (Wildman–Crippen LogP) is 3.36. The number of nitrogens with one attached hydrogen (secondary N) is 2. The van der Waals surface area contributed by atoms with Gasteiger partial charge in [0.05, 0.1) is 11.3 Å². The van der Waals surface area contributed by atoms with Crippen molar-refractivity contribution in [3.8, 4) is 0 Å². The first-order chi connectivity index (χ1) is 12.1. The molecule has 0 aromatic heterocycles. The van der Waals surface area contributed by atoms with Crippen LogP contribution in [0.4, 0.5) is 18.9 Å². The molecule has 1 amide bonds. The predicted molar refractivity (Wildman–Crippen MR) is 91.5 cm³/mol. The van der Waals surface area contributed by atoms with Gasteiger partial charge in [-0.1, -0.05) is 29.8 Å². The van der Waals surface area contributed by atoms with Gasteiger partial charge in [0.1, 0.15) is 6.54 Å². The molecule has 0 heterocycles. The Kier molecular flexibility index (Phi) is 6.27. The van der Waals surface area contributed by atoms with E-state index in [4.69, 9.17) is 11.6 Å². The van der Waals surface area contributed by atoms with E-state index in [0.717, 1.165) is 12.1 Å². The molecule has 0 fully saturated rings. The summed E-state index contributed by atoms with van der Waals surface area (Å²) in [6.07, 6.45) is -4.63. The number of sulfonamides is 1. The molecule has 0 saturated heterocycles. The van der Waals surface area contributed by atoms with Gasteiger partial charge in [0.2, 0.25) is 15.9 Å². The maximum Gasteiger partial charge on any atom is 0.402 e. The molecule has 2 rings (SSSR count). The van der Waals surface area contributed by atoms with Gasteiger partial charge in [0.25, 0.3) is 0 Å². The van der Waals surface area contributed by atoms with Crippen LogP contribution >= 0.6 is 11.6 Å². The van der Waals surface area contributed by atoms with Gasteiger partial charge >= 0.3 is 6.18 Å². The van der Waals surface area contributed by atoms with Crippen molar-refractivity contribution in [1.82, 2.24) is 4.72 Å². The average molecular weight is 407 g/mol. The van der Waals surface area contributed by atoms with Crippen LogP contribution in [-0.2, 0) is 21.2 Å². The molecule has 0 radical (unpaired) electrons. The highest BCUT2D eigenvalue weighted by Gasteiger charge is 2.30. The van der Waals surface area contributed by atoms with E-state index >= 15 is 0 Å². The largest absolute Gasteiger partial charge is 0.402 e. The fourth-order valence-electron chi connectivity index (χ4n) is 2.00. The summed E-state index contributed by atoms with van der Waals surface area (Å²) >= 11 is 5.97. The molecule has 140 valence electrons. The number of halogens is 4. The van der Waals surface area contributed by atoms with Gasteiger partial charge in [-0.15, -0.1) is 0 Å². The van der Waals surface area contributed by atoms with Crippen LogP contribution in [-0.4, -0.2) is 27.0 Å². The number of benzene rings is 2. The Morgan fingerprint density at radius 1 is 1.04 bits per heavy atom. The normalized spacial score (nSPS) is 12.0.